The summed E-state index contributed by atoms with van der Waals surface area (Å²) in [6, 6.07) is 0. The van der Waals surface area contributed by atoms with Crippen molar-refractivity contribution in [2.45, 2.75) is 26.4 Å². The van der Waals surface area contributed by atoms with E-state index in [1.807, 2.05) is 13.8 Å². The first-order valence-corrected chi connectivity index (χ1v) is 5.94. The molecular formula is C11H22F3N3O. The minimum atomic E-state index is -4.15. The van der Waals surface area contributed by atoms with Gasteiger partial charge in [-0.2, -0.15) is 13.2 Å². The molecule has 0 heterocycles. The van der Waals surface area contributed by atoms with Crippen LogP contribution in [0.1, 0.15) is 20.3 Å². The molecule has 0 aliphatic carbocycles. The third kappa shape index (κ3) is 11.5. The summed E-state index contributed by atoms with van der Waals surface area (Å²) in [5, 5.41) is 5.46. The highest BCUT2D eigenvalue weighted by Gasteiger charge is 2.26. The maximum Gasteiger partial charge on any atom is 0.390 e. The Morgan fingerprint density at radius 2 is 1.83 bits per heavy atom. The molecule has 0 saturated heterocycles. The largest absolute Gasteiger partial charge is 0.390 e. The van der Waals surface area contributed by atoms with Gasteiger partial charge in [-0.3, -0.25) is 4.99 Å². The highest BCUT2D eigenvalue weighted by atomic mass is 19.4. The van der Waals surface area contributed by atoms with E-state index in [2.05, 4.69) is 15.6 Å². The van der Waals surface area contributed by atoms with Gasteiger partial charge in [-0.25, -0.2) is 0 Å². The van der Waals surface area contributed by atoms with E-state index in [0.717, 1.165) is 0 Å². The lowest BCUT2D eigenvalue weighted by molar-refractivity contribution is -0.132. The number of hydrogen-bond acceptors (Lipinski definition) is 2. The Balaban J connectivity index is 3.60. The quantitative estimate of drug-likeness (QED) is 0.421. The first-order chi connectivity index (χ1) is 8.35. The summed E-state index contributed by atoms with van der Waals surface area (Å²) in [5.74, 6) is 0.821. The Labute approximate surface area is 106 Å². The predicted octanol–water partition coefficient (Wildman–Crippen LogP) is 1.78. The van der Waals surface area contributed by atoms with Gasteiger partial charge in [0.1, 0.15) is 0 Å². The minimum absolute atomic E-state index is 0.184. The summed E-state index contributed by atoms with van der Waals surface area (Å²) in [7, 11) is 1.51. The molecule has 0 fully saturated rings. The molecule has 0 saturated carbocycles. The van der Waals surface area contributed by atoms with E-state index in [-0.39, 0.29) is 6.54 Å². The molecule has 0 rings (SSSR count). The smallest absolute Gasteiger partial charge is 0.379 e. The van der Waals surface area contributed by atoms with Crippen LogP contribution >= 0.6 is 0 Å². The van der Waals surface area contributed by atoms with Crippen LogP contribution in [0.5, 0.6) is 0 Å². The zero-order chi connectivity index (χ0) is 14.0. The average molecular weight is 269 g/mol. The van der Waals surface area contributed by atoms with E-state index in [0.29, 0.717) is 31.6 Å². The average Bonchev–Trinajstić information content (AvgIpc) is 2.24. The molecule has 0 spiro atoms. The summed E-state index contributed by atoms with van der Waals surface area (Å²) in [5.41, 5.74) is 0. The van der Waals surface area contributed by atoms with E-state index in [1.165, 1.54) is 7.05 Å². The van der Waals surface area contributed by atoms with Crippen molar-refractivity contribution in [3.05, 3.63) is 0 Å². The standard InChI is InChI=1S/C11H22F3N3O/c1-9(2)8-18-7-6-17-10(15-3)16-5-4-11(12,13)14/h9H,4-8H2,1-3H3,(H2,15,16,17). The van der Waals surface area contributed by atoms with Gasteiger partial charge in [0.2, 0.25) is 0 Å². The number of guanidine groups is 1. The fourth-order valence-corrected chi connectivity index (χ4v) is 1.10. The van der Waals surface area contributed by atoms with Crippen LogP contribution in [-0.2, 0) is 4.74 Å². The molecule has 0 aliphatic heterocycles. The van der Waals surface area contributed by atoms with Crippen molar-refractivity contribution < 1.29 is 17.9 Å². The molecule has 0 unspecified atom stereocenters. The molecule has 0 aliphatic rings. The zero-order valence-electron chi connectivity index (χ0n) is 11.1. The van der Waals surface area contributed by atoms with Gasteiger partial charge in [0.05, 0.1) is 13.0 Å². The third-order valence-electron chi connectivity index (χ3n) is 1.91. The number of rotatable bonds is 7. The van der Waals surface area contributed by atoms with Crippen molar-refractivity contribution >= 4 is 5.96 Å². The molecule has 2 N–H and O–H groups in total. The molecule has 108 valence electrons. The predicted molar refractivity (Wildman–Crippen MR) is 65.7 cm³/mol. The van der Waals surface area contributed by atoms with Crippen molar-refractivity contribution in [2.24, 2.45) is 10.9 Å². The van der Waals surface area contributed by atoms with Crippen molar-refractivity contribution in [2.75, 3.05) is 33.4 Å². The molecule has 0 atom stereocenters. The summed E-state index contributed by atoms with van der Waals surface area (Å²) in [6.45, 7) is 5.59. The van der Waals surface area contributed by atoms with E-state index >= 15 is 0 Å². The number of halogens is 3. The van der Waals surface area contributed by atoms with Crippen LogP contribution in [0.15, 0.2) is 4.99 Å². The Kier molecular flexibility index (Phi) is 8.53. The van der Waals surface area contributed by atoms with Crippen molar-refractivity contribution in [3.8, 4) is 0 Å². The third-order valence-corrected chi connectivity index (χ3v) is 1.91. The van der Waals surface area contributed by atoms with Gasteiger partial charge in [0.25, 0.3) is 0 Å². The molecule has 7 heteroatoms. The van der Waals surface area contributed by atoms with Crippen molar-refractivity contribution in [1.82, 2.24) is 10.6 Å². The Bertz CT molecular complexity index is 242. The van der Waals surface area contributed by atoms with E-state index in [4.69, 9.17) is 4.74 Å². The van der Waals surface area contributed by atoms with Crippen molar-refractivity contribution in [3.63, 3.8) is 0 Å². The molecule has 0 aromatic heterocycles. The van der Waals surface area contributed by atoms with Crippen molar-refractivity contribution in [1.29, 1.82) is 0 Å². The number of ether oxygens (including phenoxy) is 1. The number of alkyl halides is 3. The topological polar surface area (TPSA) is 45.7 Å². The fourth-order valence-electron chi connectivity index (χ4n) is 1.10. The van der Waals surface area contributed by atoms with E-state index in [9.17, 15) is 13.2 Å². The van der Waals surface area contributed by atoms with Crippen LogP contribution in [0, 0.1) is 5.92 Å². The SMILES string of the molecule is CN=C(NCCOCC(C)C)NCCC(F)(F)F. The second-order valence-corrected chi connectivity index (χ2v) is 4.26. The first-order valence-electron chi connectivity index (χ1n) is 5.94. The van der Waals surface area contributed by atoms with Gasteiger partial charge >= 0.3 is 6.18 Å². The van der Waals surface area contributed by atoms with Gasteiger partial charge in [-0.15, -0.1) is 0 Å². The summed E-state index contributed by atoms with van der Waals surface area (Å²) in [6.07, 6.45) is -5.02. The first kappa shape index (κ1) is 17.0. The van der Waals surface area contributed by atoms with E-state index < -0.39 is 12.6 Å². The number of nitrogens with one attached hydrogen (secondary N) is 2. The Hall–Kier alpha value is -0.980. The molecule has 4 nitrogen and oxygen atoms in total. The molecule has 0 bridgehead atoms. The van der Waals surface area contributed by atoms with Gasteiger partial charge in [-0.05, 0) is 5.92 Å². The minimum Gasteiger partial charge on any atom is -0.379 e. The van der Waals surface area contributed by atoms with Crippen LogP contribution in [0.2, 0.25) is 0 Å². The van der Waals surface area contributed by atoms with E-state index in [1.54, 1.807) is 0 Å². The molecule has 0 amide bonds. The summed E-state index contributed by atoms with van der Waals surface area (Å²) >= 11 is 0. The number of aliphatic imine (C=N–C) groups is 1. The normalized spacial score (nSPS) is 12.9. The lowest BCUT2D eigenvalue weighted by Crippen LogP contribution is -2.40. The second-order valence-electron chi connectivity index (χ2n) is 4.26. The van der Waals surface area contributed by atoms with Crippen LogP contribution in [-0.4, -0.2) is 45.5 Å². The van der Waals surface area contributed by atoms with Gasteiger partial charge in [0.15, 0.2) is 5.96 Å². The highest BCUT2D eigenvalue weighted by Crippen LogP contribution is 2.17. The van der Waals surface area contributed by atoms with Crippen LogP contribution in [0.3, 0.4) is 0 Å². The molecule has 0 radical (unpaired) electrons. The van der Waals surface area contributed by atoms with Gasteiger partial charge < -0.3 is 15.4 Å². The summed E-state index contributed by atoms with van der Waals surface area (Å²) < 4.78 is 41.1. The highest BCUT2D eigenvalue weighted by molar-refractivity contribution is 5.79. The van der Waals surface area contributed by atoms with Crippen LogP contribution in [0.4, 0.5) is 13.2 Å². The van der Waals surface area contributed by atoms with Gasteiger partial charge in [0, 0.05) is 26.7 Å². The number of hydrogen-bond donors (Lipinski definition) is 2. The zero-order valence-corrected chi connectivity index (χ0v) is 11.1. The van der Waals surface area contributed by atoms with Gasteiger partial charge in [-0.1, -0.05) is 13.8 Å². The lowest BCUT2D eigenvalue weighted by Gasteiger charge is -2.13. The molecule has 0 aromatic rings. The Morgan fingerprint density at radius 3 is 2.33 bits per heavy atom. The monoisotopic (exact) mass is 269 g/mol. The van der Waals surface area contributed by atoms with Crippen LogP contribution < -0.4 is 10.6 Å². The molecular weight excluding hydrogens is 247 g/mol. The second kappa shape index (κ2) is 9.02. The number of nitrogens with zero attached hydrogens (tertiary/aromatic N) is 1. The molecule has 18 heavy (non-hydrogen) atoms. The summed E-state index contributed by atoms with van der Waals surface area (Å²) in [4.78, 5) is 3.81. The van der Waals surface area contributed by atoms with Crippen LogP contribution in [0.25, 0.3) is 0 Å². The lowest BCUT2D eigenvalue weighted by atomic mass is 10.2. The fraction of sp³-hybridized carbons (Fsp3) is 0.909. The molecule has 0 aromatic carbocycles. The maximum absolute atomic E-state index is 11.9. The maximum atomic E-state index is 11.9. The Morgan fingerprint density at radius 1 is 1.22 bits per heavy atom.